The van der Waals surface area contributed by atoms with Crippen molar-refractivity contribution in [1.82, 2.24) is 0 Å². The van der Waals surface area contributed by atoms with Crippen LogP contribution in [0.2, 0.25) is 0 Å². The van der Waals surface area contributed by atoms with Gasteiger partial charge in [0.25, 0.3) is 0 Å². The van der Waals surface area contributed by atoms with Gasteiger partial charge in [0.2, 0.25) is 10.0 Å². The number of anilines is 1. The number of rotatable bonds is 7. The molecule has 0 unspecified atom stereocenters. The SMILES string of the molecule is COc1ccc(NS(=O)(=O)Cc2ccc(C(=O)O)c(C)c2)cc1OC. The molecular formula is C17H19NO6S. The van der Waals surface area contributed by atoms with Crippen LogP contribution in [0.1, 0.15) is 21.5 Å². The van der Waals surface area contributed by atoms with Gasteiger partial charge in [0, 0.05) is 6.07 Å². The number of ether oxygens (including phenoxy) is 2. The number of carbonyl (C=O) groups is 1. The summed E-state index contributed by atoms with van der Waals surface area (Å²) in [5.41, 5.74) is 1.49. The summed E-state index contributed by atoms with van der Waals surface area (Å²) >= 11 is 0. The summed E-state index contributed by atoms with van der Waals surface area (Å²) < 4.78 is 37.4. The van der Waals surface area contributed by atoms with Crippen molar-refractivity contribution >= 4 is 21.7 Å². The van der Waals surface area contributed by atoms with Gasteiger partial charge in [-0.2, -0.15) is 0 Å². The molecule has 0 aliphatic carbocycles. The predicted molar refractivity (Wildman–Crippen MR) is 93.9 cm³/mol. The Morgan fingerprint density at radius 1 is 1.08 bits per heavy atom. The number of aryl methyl sites for hydroxylation is 1. The highest BCUT2D eigenvalue weighted by Crippen LogP contribution is 2.30. The third-order valence-electron chi connectivity index (χ3n) is 3.53. The fourth-order valence-corrected chi connectivity index (χ4v) is 3.57. The first-order valence-electron chi connectivity index (χ1n) is 7.31. The second-order valence-electron chi connectivity index (χ2n) is 5.39. The highest BCUT2D eigenvalue weighted by molar-refractivity contribution is 7.91. The zero-order valence-corrected chi connectivity index (χ0v) is 14.9. The number of carboxylic acid groups (broad SMARTS) is 1. The Bertz CT molecular complexity index is 892. The number of hydrogen-bond donors (Lipinski definition) is 2. The van der Waals surface area contributed by atoms with Gasteiger partial charge in [-0.25, -0.2) is 13.2 Å². The molecule has 8 heteroatoms. The van der Waals surface area contributed by atoms with Crippen molar-refractivity contribution < 1.29 is 27.8 Å². The van der Waals surface area contributed by atoms with Crippen LogP contribution >= 0.6 is 0 Å². The minimum Gasteiger partial charge on any atom is -0.493 e. The van der Waals surface area contributed by atoms with Crippen LogP contribution in [0.15, 0.2) is 36.4 Å². The maximum Gasteiger partial charge on any atom is 0.335 e. The third-order valence-corrected chi connectivity index (χ3v) is 4.79. The lowest BCUT2D eigenvalue weighted by atomic mass is 10.1. The molecule has 0 fully saturated rings. The molecule has 0 bridgehead atoms. The third kappa shape index (κ3) is 4.63. The molecule has 0 aromatic heterocycles. The van der Waals surface area contributed by atoms with Crippen molar-refractivity contribution in [1.29, 1.82) is 0 Å². The zero-order valence-electron chi connectivity index (χ0n) is 14.1. The zero-order chi connectivity index (χ0) is 18.6. The van der Waals surface area contributed by atoms with E-state index in [1.54, 1.807) is 25.1 Å². The summed E-state index contributed by atoms with van der Waals surface area (Å²) in [7, 11) is -0.724. The Morgan fingerprint density at radius 2 is 1.76 bits per heavy atom. The van der Waals surface area contributed by atoms with Crippen molar-refractivity contribution in [3.05, 3.63) is 53.1 Å². The van der Waals surface area contributed by atoms with Crippen LogP contribution in [0.5, 0.6) is 11.5 Å². The molecule has 0 atom stereocenters. The van der Waals surface area contributed by atoms with Crippen LogP contribution in [0.4, 0.5) is 5.69 Å². The van der Waals surface area contributed by atoms with E-state index in [2.05, 4.69) is 4.72 Å². The second kappa shape index (κ2) is 7.43. The van der Waals surface area contributed by atoms with Crippen molar-refractivity contribution in [2.45, 2.75) is 12.7 Å². The number of nitrogens with one attached hydrogen (secondary N) is 1. The first-order valence-corrected chi connectivity index (χ1v) is 8.96. The molecular weight excluding hydrogens is 346 g/mol. The standard InChI is InChI=1S/C17H19NO6S/c1-11-8-12(4-6-14(11)17(19)20)10-25(21,22)18-13-5-7-15(23-2)16(9-13)24-3/h4-9,18H,10H2,1-3H3,(H,19,20). The van der Waals surface area contributed by atoms with Crippen molar-refractivity contribution in [3.8, 4) is 11.5 Å². The molecule has 0 radical (unpaired) electrons. The van der Waals surface area contributed by atoms with Gasteiger partial charge < -0.3 is 14.6 Å². The van der Waals surface area contributed by atoms with Crippen LogP contribution in [0.3, 0.4) is 0 Å². The first kappa shape index (κ1) is 18.6. The number of hydrogen-bond acceptors (Lipinski definition) is 5. The molecule has 0 aliphatic rings. The van der Waals surface area contributed by atoms with Crippen molar-refractivity contribution in [2.75, 3.05) is 18.9 Å². The van der Waals surface area contributed by atoms with Crippen LogP contribution in [0.25, 0.3) is 0 Å². The van der Waals surface area contributed by atoms with E-state index in [1.807, 2.05) is 0 Å². The number of methoxy groups -OCH3 is 2. The van der Waals surface area contributed by atoms with Gasteiger partial charge in [0.1, 0.15) is 0 Å². The van der Waals surface area contributed by atoms with E-state index >= 15 is 0 Å². The predicted octanol–water partition coefficient (Wildman–Crippen LogP) is 2.65. The van der Waals surface area contributed by atoms with Gasteiger partial charge in [-0.15, -0.1) is 0 Å². The largest absolute Gasteiger partial charge is 0.493 e. The Labute approximate surface area is 146 Å². The number of carboxylic acids is 1. The van der Waals surface area contributed by atoms with Crippen molar-refractivity contribution in [2.24, 2.45) is 0 Å². The van der Waals surface area contributed by atoms with E-state index in [0.717, 1.165) is 0 Å². The Kier molecular flexibility index (Phi) is 5.53. The summed E-state index contributed by atoms with van der Waals surface area (Å²) in [6.45, 7) is 1.63. The van der Waals surface area contributed by atoms with E-state index in [-0.39, 0.29) is 11.3 Å². The lowest BCUT2D eigenvalue weighted by Crippen LogP contribution is -2.15. The highest BCUT2D eigenvalue weighted by Gasteiger charge is 2.15. The van der Waals surface area contributed by atoms with Crippen molar-refractivity contribution in [3.63, 3.8) is 0 Å². The maximum absolute atomic E-state index is 12.4. The summed E-state index contributed by atoms with van der Waals surface area (Å²) in [5.74, 6) is -0.424. The first-order chi connectivity index (χ1) is 11.8. The normalized spacial score (nSPS) is 11.0. The van der Waals surface area contributed by atoms with Gasteiger partial charge in [-0.05, 0) is 36.2 Å². The van der Waals surface area contributed by atoms with E-state index in [0.29, 0.717) is 28.3 Å². The average molecular weight is 365 g/mol. The minimum absolute atomic E-state index is 0.147. The molecule has 0 spiro atoms. The van der Waals surface area contributed by atoms with E-state index in [9.17, 15) is 13.2 Å². The molecule has 2 aromatic rings. The number of aromatic carboxylic acids is 1. The summed E-state index contributed by atoms with van der Waals surface area (Å²) in [4.78, 5) is 11.0. The van der Waals surface area contributed by atoms with Crippen LogP contribution in [-0.4, -0.2) is 33.7 Å². The Morgan fingerprint density at radius 3 is 2.32 bits per heavy atom. The molecule has 0 saturated carbocycles. The smallest absolute Gasteiger partial charge is 0.335 e. The second-order valence-corrected chi connectivity index (χ2v) is 7.11. The molecule has 2 N–H and O–H groups in total. The fourth-order valence-electron chi connectivity index (χ4n) is 2.39. The van der Waals surface area contributed by atoms with E-state index in [4.69, 9.17) is 14.6 Å². The highest BCUT2D eigenvalue weighted by atomic mass is 32.2. The quantitative estimate of drug-likeness (QED) is 0.782. The summed E-state index contributed by atoms with van der Waals surface area (Å²) in [6, 6.07) is 9.13. The van der Waals surface area contributed by atoms with Gasteiger partial charge in [0.15, 0.2) is 11.5 Å². The van der Waals surface area contributed by atoms with Gasteiger partial charge >= 0.3 is 5.97 Å². The monoisotopic (exact) mass is 365 g/mol. The van der Waals surface area contributed by atoms with Gasteiger partial charge in [-0.1, -0.05) is 12.1 Å². The fraction of sp³-hybridized carbons (Fsp3) is 0.235. The number of benzene rings is 2. The van der Waals surface area contributed by atoms with Crippen LogP contribution in [0, 0.1) is 6.92 Å². The molecule has 0 amide bonds. The molecule has 0 aliphatic heterocycles. The molecule has 2 rings (SSSR count). The Balaban J connectivity index is 2.20. The molecule has 0 heterocycles. The molecule has 2 aromatic carbocycles. The van der Waals surface area contributed by atoms with Gasteiger partial charge in [-0.3, -0.25) is 4.72 Å². The minimum atomic E-state index is -3.68. The summed E-state index contributed by atoms with van der Waals surface area (Å²) in [6.07, 6.45) is 0. The Hall–Kier alpha value is -2.74. The summed E-state index contributed by atoms with van der Waals surface area (Å²) in [5, 5.41) is 9.02. The molecule has 25 heavy (non-hydrogen) atoms. The topological polar surface area (TPSA) is 102 Å². The van der Waals surface area contributed by atoms with E-state index < -0.39 is 16.0 Å². The average Bonchev–Trinajstić information content (AvgIpc) is 2.53. The molecule has 134 valence electrons. The molecule has 0 saturated heterocycles. The number of sulfonamides is 1. The van der Waals surface area contributed by atoms with Gasteiger partial charge in [0.05, 0.1) is 31.2 Å². The molecule has 7 nitrogen and oxygen atoms in total. The van der Waals surface area contributed by atoms with Crippen LogP contribution in [-0.2, 0) is 15.8 Å². The lowest BCUT2D eigenvalue weighted by Gasteiger charge is -2.12. The maximum atomic E-state index is 12.4. The lowest BCUT2D eigenvalue weighted by molar-refractivity contribution is 0.0696. The van der Waals surface area contributed by atoms with E-state index in [1.165, 1.54) is 32.4 Å². The van der Waals surface area contributed by atoms with Crippen LogP contribution < -0.4 is 14.2 Å².